The number of fused-ring (bicyclic) bond motifs is 1. The lowest BCUT2D eigenvalue weighted by Crippen LogP contribution is -2.53. The predicted molar refractivity (Wildman–Crippen MR) is 90.0 cm³/mol. The molecule has 1 aliphatic heterocycles. The number of nitrogens with two attached hydrogens (primary N) is 1. The molecule has 0 unspecified atom stereocenters. The molecule has 0 spiro atoms. The van der Waals surface area contributed by atoms with Crippen molar-refractivity contribution in [1.29, 1.82) is 0 Å². The molecule has 0 saturated carbocycles. The molecule has 0 aromatic heterocycles. The number of benzene rings is 1. The van der Waals surface area contributed by atoms with Crippen LogP contribution in [0.15, 0.2) is 12.1 Å². The van der Waals surface area contributed by atoms with Crippen LogP contribution in [0.5, 0.6) is 5.75 Å². The van der Waals surface area contributed by atoms with E-state index < -0.39 is 11.6 Å². The van der Waals surface area contributed by atoms with Crippen LogP contribution >= 0.6 is 0 Å². The fraction of sp³-hybridized carbons (Fsp3) is 0.529. The molecule has 0 saturated heterocycles. The van der Waals surface area contributed by atoms with Crippen molar-refractivity contribution in [2.75, 3.05) is 25.1 Å². The first kappa shape index (κ1) is 19.0. The minimum absolute atomic E-state index is 0.180. The lowest BCUT2D eigenvalue weighted by molar-refractivity contribution is -0.132. The van der Waals surface area contributed by atoms with Crippen LogP contribution in [0.4, 0.5) is 5.69 Å². The summed E-state index contributed by atoms with van der Waals surface area (Å²) in [5.41, 5.74) is 6.34. The van der Waals surface area contributed by atoms with Crippen molar-refractivity contribution in [1.82, 2.24) is 0 Å². The fourth-order valence-corrected chi connectivity index (χ4v) is 2.40. The lowest BCUT2D eigenvalue weighted by atomic mass is 10.0. The molecule has 2 rings (SSSR count). The average Bonchev–Trinajstić information content (AvgIpc) is 2.52. The van der Waals surface area contributed by atoms with Gasteiger partial charge in [0.05, 0.1) is 18.4 Å². The molecule has 0 fully saturated rings. The van der Waals surface area contributed by atoms with Gasteiger partial charge in [0.1, 0.15) is 5.75 Å². The van der Waals surface area contributed by atoms with E-state index >= 15 is 0 Å². The van der Waals surface area contributed by atoms with Gasteiger partial charge in [-0.15, -0.1) is 0 Å². The fourth-order valence-electron chi connectivity index (χ4n) is 2.40. The van der Waals surface area contributed by atoms with Crippen molar-refractivity contribution in [3.63, 3.8) is 0 Å². The Morgan fingerprint density at radius 2 is 1.96 bits per heavy atom. The minimum Gasteiger partial charge on any atom is -0.476 e. The topological polar surface area (TPSA) is 81.9 Å². The molecule has 128 valence electrons. The van der Waals surface area contributed by atoms with Crippen LogP contribution in [0.3, 0.4) is 0 Å². The third kappa shape index (κ3) is 3.64. The normalized spacial score (nSPS) is 15.1. The molecule has 1 aromatic rings. The zero-order chi connectivity index (χ0) is 17.8. The van der Waals surface area contributed by atoms with E-state index in [1.807, 2.05) is 13.8 Å². The number of carbonyl (C=O) groups excluding carboxylic acids is 2. The molecule has 0 bridgehead atoms. The average molecular weight is 322 g/mol. The molecular formula is C17H26N2O4. The van der Waals surface area contributed by atoms with E-state index in [1.165, 1.54) is 7.11 Å². The maximum atomic E-state index is 12.5. The Kier molecular flexibility index (Phi) is 6.15. The van der Waals surface area contributed by atoms with Gasteiger partial charge in [0.15, 0.2) is 5.60 Å². The van der Waals surface area contributed by atoms with Crippen molar-refractivity contribution >= 4 is 17.6 Å². The Bertz CT molecular complexity index is 597. The molecule has 0 radical (unpaired) electrons. The first-order chi connectivity index (χ1) is 10.8. The summed E-state index contributed by atoms with van der Waals surface area (Å²) < 4.78 is 10.5. The highest BCUT2D eigenvalue weighted by Gasteiger charge is 2.41. The molecule has 1 aromatic carbocycles. The van der Waals surface area contributed by atoms with Crippen LogP contribution in [0.2, 0.25) is 0 Å². The van der Waals surface area contributed by atoms with E-state index in [4.69, 9.17) is 15.2 Å². The molecular weight excluding hydrogens is 296 g/mol. The van der Waals surface area contributed by atoms with E-state index in [1.54, 1.807) is 37.8 Å². The summed E-state index contributed by atoms with van der Waals surface area (Å²) >= 11 is 0. The number of anilines is 1. The van der Waals surface area contributed by atoms with Crippen LogP contribution in [0, 0.1) is 6.92 Å². The molecule has 1 amide bonds. The van der Waals surface area contributed by atoms with Gasteiger partial charge in [0.2, 0.25) is 0 Å². The zero-order valence-corrected chi connectivity index (χ0v) is 14.7. The summed E-state index contributed by atoms with van der Waals surface area (Å²) in [4.78, 5) is 25.8. The van der Waals surface area contributed by atoms with Gasteiger partial charge in [-0.05, 0) is 38.5 Å². The second kappa shape index (κ2) is 7.46. The maximum Gasteiger partial charge on any atom is 0.338 e. The smallest absolute Gasteiger partial charge is 0.338 e. The van der Waals surface area contributed by atoms with Gasteiger partial charge in [0, 0.05) is 13.1 Å². The van der Waals surface area contributed by atoms with Crippen LogP contribution in [-0.4, -0.2) is 37.7 Å². The Morgan fingerprint density at radius 3 is 2.48 bits per heavy atom. The predicted octanol–water partition coefficient (Wildman–Crippen LogP) is 2.27. The van der Waals surface area contributed by atoms with Crippen molar-refractivity contribution < 1.29 is 19.1 Å². The van der Waals surface area contributed by atoms with Crippen LogP contribution < -0.4 is 15.4 Å². The Labute approximate surface area is 137 Å². The summed E-state index contributed by atoms with van der Waals surface area (Å²) in [6.07, 6.45) is 0. The van der Waals surface area contributed by atoms with Gasteiger partial charge in [-0.3, -0.25) is 4.79 Å². The van der Waals surface area contributed by atoms with Crippen LogP contribution in [0.1, 0.15) is 43.6 Å². The number of amides is 1. The third-order valence-electron chi connectivity index (χ3n) is 3.48. The number of ether oxygens (including phenoxy) is 2. The van der Waals surface area contributed by atoms with Gasteiger partial charge in [0.25, 0.3) is 5.91 Å². The number of hydrogen-bond donors (Lipinski definition) is 1. The molecule has 6 nitrogen and oxygen atoms in total. The Balaban J connectivity index is 0.00000127. The molecule has 0 atom stereocenters. The molecule has 1 aliphatic rings. The Morgan fingerprint density at radius 1 is 1.35 bits per heavy atom. The van der Waals surface area contributed by atoms with E-state index in [2.05, 4.69) is 0 Å². The number of nitrogens with zero attached hydrogens (tertiary/aromatic N) is 1. The molecule has 23 heavy (non-hydrogen) atoms. The first-order valence-corrected chi connectivity index (χ1v) is 7.76. The molecule has 0 aliphatic carbocycles. The number of rotatable bonds is 3. The quantitative estimate of drug-likeness (QED) is 0.863. The minimum atomic E-state index is -0.957. The van der Waals surface area contributed by atoms with Crippen molar-refractivity contribution in [2.45, 2.75) is 40.2 Å². The van der Waals surface area contributed by atoms with Gasteiger partial charge >= 0.3 is 5.97 Å². The highest BCUT2D eigenvalue weighted by atomic mass is 16.5. The second-order valence-electron chi connectivity index (χ2n) is 5.48. The first-order valence-electron chi connectivity index (χ1n) is 7.76. The van der Waals surface area contributed by atoms with Gasteiger partial charge in [-0.2, -0.15) is 0 Å². The van der Waals surface area contributed by atoms with Crippen molar-refractivity contribution in [3.05, 3.63) is 23.3 Å². The highest BCUT2D eigenvalue weighted by Crippen LogP contribution is 2.39. The zero-order valence-electron chi connectivity index (χ0n) is 14.7. The molecule has 2 N–H and O–H groups in total. The summed E-state index contributed by atoms with van der Waals surface area (Å²) in [7, 11) is 1.32. The number of hydrogen-bond acceptors (Lipinski definition) is 5. The van der Waals surface area contributed by atoms with Crippen molar-refractivity contribution in [3.8, 4) is 5.75 Å². The second-order valence-corrected chi connectivity index (χ2v) is 5.48. The van der Waals surface area contributed by atoms with Gasteiger partial charge in [-0.25, -0.2) is 4.79 Å². The lowest BCUT2D eigenvalue weighted by Gasteiger charge is -2.39. The monoisotopic (exact) mass is 322 g/mol. The number of aryl methyl sites for hydroxylation is 1. The summed E-state index contributed by atoms with van der Waals surface area (Å²) in [6, 6.07) is 3.37. The number of esters is 1. The van der Waals surface area contributed by atoms with Crippen molar-refractivity contribution in [2.24, 2.45) is 5.73 Å². The molecule has 6 heteroatoms. The van der Waals surface area contributed by atoms with Gasteiger partial charge < -0.3 is 20.1 Å². The number of carbonyl (C=O) groups is 2. The Hall–Kier alpha value is -2.08. The van der Waals surface area contributed by atoms with Gasteiger partial charge in [-0.1, -0.05) is 13.8 Å². The standard InChI is InChI=1S/C15H20N2O4.C2H6/c1-9-7-12-11(8-10(9)13(18)20-4)17(6-5-16)14(19)15(2,3)21-12;1-2/h7-8H,5-6,16H2,1-4H3;1-2H3. The molecule has 1 heterocycles. The van der Waals surface area contributed by atoms with E-state index in [0.29, 0.717) is 30.1 Å². The number of methoxy groups -OCH3 is 1. The SMILES string of the molecule is CC.COC(=O)c1cc2c(cc1C)OC(C)(C)C(=O)N2CCN. The maximum absolute atomic E-state index is 12.5. The van der Waals surface area contributed by atoms with E-state index in [0.717, 1.165) is 5.56 Å². The summed E-state index contributed by atoms with van der Waals surface area (Å²) in [5.74, 6) is -0.0568. The third-order valence-corrected chi connectivity index (χ3v) is 3.48. The van der Waals surface area contributed by atoms with Crippen LogP contribution in [0.25, 0.3) is 0 Å². The largest absolute Gasteiger partial charge is 0.476 e. The summed E-state index contributed by atoms with van der Waals surface area (Å²) in [5, 5.41) is 0. The highest BCUT2D eigenvalue weighted by molar-refractivity contribution is 6.04. The van der Waals surface area contributed by atoms with Crippen LogP contribution in [-0.2, 0) is 9.53 Å². The van der Waals surface area contributed by atoms with E-state index in [-0.39, 0.29) is 5.91 Å². The van der Waals surface area contributed by atoms with E-state index in [9.17, 15) is 9.59 Å². The summed E-state index contributed by atoms with van der Waals surface area (Å²) in [6.45, 7) is 9.91.